The summed E-state index contributed by atoms with van der Waals surface area (Å²) in [6, 6.07) is 2.21. The van der Waals surface area contributed by atoms with Crippen LogP contribution in [0.25, 0.3) is 0 Å². The minimum Gasteiger partial charge on any atom is -0.348 e. The summed E-state index contributed by atoms with van der Waals surface area (Å²) in [6.07, 6.45) is 7.37. The quantitative estimate of drug-likeness (QED) is 0.830. The number of hydrogen-bond donors (Lipinski definition) is 1. The highest BCUT2D eigenvalue weighted by Crippen LogP contribution is 2.23. The predicted molar refractivity (Wildman–Crippen MR) is 66.3 cm³/mol. The van der Waals surface area contributed by atoms with Crippen LogP contribution in [0.1, 0.15) is 28.9 Å². The first-order chi connectivity index (χ1) is 7.27. The molecule has 4 heteroatoms. The van der Waals surface area contributed by atoms with Gasteiger partial charge in [-0.1, -0.05) is 12.2 Å². The lowest BCUT2D eigenvalue weighted by Gasteiger charge is -2.18. The molecule has 2 nitrogen and oxygen atoms in total. The fourth-order valence-electron chi connectivity index (χ4n) is 1.63. The van der Waals surface area contributed by atoms with Crippen LogP contribution in [0.3, 0.4) is 0 Å². The van der Waals surface area contributed by atoms with Crippen molar-refractivity contribution in [2.24, 2.45) is 0 Å². The van der Waals surface area contributed by atoms with E-state index in [1.54, 1.807) is 0 Å². The molecule has 1 aromatic heterocycles. The van der Waals surface area contributed by atoms with Gasteiger partial charge in [-0.3, -0.25) is 4.79 Å². The van der Waals surface area contributed by atoms with Crippen molar-refractivity contribution in [1.29, 1.82) is 0 Å². The van der Waals surface area contributed by atoms with Crippen LogP contribution in [-0.4, -0.2) is 11.9 Å². The SMILES string of the molecule is O=C(N[C@H]1CC=CCC1)c1sccc1Br. The maximum atomic E-state index is 11.8. The highest BCUT2D eigenvalue weighted by molar-refractivity contribution is 9.10. The van der Waals surface area contributed by atoms with Gasteiger partial charge in [0.15, 0.2) is 0 Å². The van der Waals surface area contributed by atoms with E-state index in [4.69, 9.17) is 0 Å². The Kier molecular flexibility index (Phi) is 3.59. The van der Waals surface area contributed by atoms with Gasteiger partial charge in [0.2, 0.25) is 0 Å². The van der Waals surface area contributed by atoms with E-state index >= 15 is 0 Å². The molecule has 0 saturated heterocycles. The minimum absolute atomic E-state index is 0.0391. The molecule has 1 amide bonds. The zero-order valence-corrected chi connectivity index (χ0v) is 10.6. The van der Waals surface area contributed by atoms with Crippen molar-refractivity contribution in [3.8, 4) is 0 Å². The maximum absolute atomic E-state index is 11.8. The third kappa shape index (κ3) is 2.69. The zero-order chi connectivity index (χ0) is 10.7. The molecule has 1 N–H and O–H groups in total. The van der Waals surface area contributed by atoms with Gasteiger partial charge in [-0.25, -0.2) is 0 Å². The molecule has 0 aromatic carbocycles. The van der Waals surface area contributed by atoms with Crippen molar-refractivity contribution in [2.45, 2.75) is 25.3 Å². The van der Waals surface area contributed by atoms with E-state index in [2.05, 4.69) is 33.4 Å². The summed E-state index contributed by atoms with van der Waals surface area (Å²) in [6.45, 7) is 0. The monoisotopic (exact) mass is 285 g/mol. The fraction of sp³-hybridized carbons (Fsp3) is 0.364. The average molecular weight is 286 g/mol. The molecular weight excluding hydrogens is 274 g/mol. The Morgan fingerprint density at radius 2 is 2.40 bits per heavy atom. The van der Waals surface area contributed by atoms with Gasteiger partial charge >= 0.3 is 0 Å². The lowest BCUT2D eigenvalue weighted by Crippen LogP contribution is -2.34. The molecule has 0 spiro atoms. The predicted octanol–water partition coefficient (Wildman–Crippen LogP) is 3.35. The van der Waals surface area contributed by atoms with Crippen molar-refractivity contribution in [3.05, 3.63) is 32.9 Å². The van der Waals surface area contributed by atoms with Gasteiger partial charge in [-0.2, -0.15) is 0 Å². The van der Waals surface area contributed by atoms with E-state index in [1.165, 1.54) is 11.3 Å². The van der Waals surface area contributed by atoms with Gasteiger partial charge in [0.1, 0.15) is 4.88 Å². The highest BCUT2D eigenvalue weighted by Gasteiger charge is 2.16. The maximum Gasteiger partial charge on any atom is 0.262 e. The molecule has 15 heavy (non-hydrogen) atoms. The van der Waals surface area contributed by atoms with Crippen LogP contribution in [0.2, 0.25) is 0 Å². The second-order valence-corrected chi connectivity index (χ2v) is 5.32. The van der Waals surface area contributed by atoms with Crippen LogP contribution >= 0.6 is 27.3 Å². The summed E-state index contributed by atoms with van der Waals surface area (Å²) in [5.74, 6) is 0.0391. The third-order valence-corrected chi connectivity index (χ3v) is 4.26. The molecule has 0 aliphatic heterocycles. The Morgan fingerprint density at radius 1 is 1.53 bits per heavy atom. The molecular formula is C11H12BrNOS. The number of amides is 1. The van der Waals surface area contributed by atoms with Crippen LogP contribution in [0.15, 0.2) is 28.1 Å². The van der Waals surface area contributed by atoms with Crippen LogP contribution in [0, 0.1) is 0 Å². The van der Waals surface area contributed by atoms with Crippen molar-refractivity contribution in [1.82, 2.24) is 5.32 Å². The number of rotatable bonds is 2. The van der Waals surface area contributed by atoms with Gasteiger partial charge in [-0.05, 0) is 46.6 Å². The summed E-state index contributed by atoms with van der Waals surface area (Å²) in [4.78, 5) is 12.6. The highest BCUT2D eigenvalue weighted by atomic mass is 79.9. The summed E-state index contributed by atoms with van der Waals surface area (Å²) in [5, 5.41) is 4.97. The summed E-state index contributed by atoms with van der Waals surface area (Å²) in [7, 11) is 0. The standard InChI is InChI=1S/C11H12BrNOS/c12-9-6-7-15-10(9)11(14)13-8-4-2-1-3-5-8/h1-2,6-8H,3-5H2,(H,13,14)/t8-/m0/s1. The average Bonchev–Trinajstić information content (AvgIpc) is 2.66. The normalized spacial score (nSPS) is 20.2. The van der Waals surface area contributed by atoms with Crippen LogP contribution in [0.5, 0.6) is 0 Å². The summed E-state index contributed by atoms with van der Waals surface area (Å²) < 4.78 is 0.886. The van der Waals surface area contributed by atoms with E-state index in [0.717, 1.165) is 28.6 Å². The molecule has 1 heterocycles. The molecule has 0 fully saturated rings. The topological polar surface area (TPSA) is 29.1 Å². The van der Waals surface area contributed by atoms with E-state index < -0.39 is 0 Å². The van der Waals surface area contributed by atoms with E-state index in [-0.39, 0.29) is 5.91 Å². The van der Waals surface area contributed by atoms with E-state index in [9.17, 15) is 4.79 Å². The number of halogens is 1. The number of carbonyl (C=O) groups is 1. The molecule has 0 saturated carbocycles. The van der Waals surface area contributed by atoms with Crippen LogP contribution in [0.4, 0.5) is 0 Å². The van der Waals surface area contributed by atoms with E-state index in [1.807, 2.05) is 11.4 Å². The van der Waals surface area contributed by atoms with Crippen LogP contribution in [-0.2, 0) is 0 Å². The second-order valence-electron chi connectivity index (χ2n) is 3.55. The number of nitrogens with one attached hydrogen (secondary N) is 1. The Balaban J connectivity index is 1.98. The molecule has 0 radical (unpaired) electrons. The van der Waals surface area contributed by atoms with Gasteiger partial charge < -0.3 is 5.32 Å². The molecule has 0 unspecified atom stereocenters. The molecule has 80 valence electrons. The number of carbonyl (C=O) groups excluding carboxylic acids is 1. The van der Waals surface area contributed by atoms with E-state index in [0.29, 0.717) is 6.04 Å². The van der Waals surface area contributed by atoms with Gasteiger partial charge in [-0.15, -0.1) is 11.3 Å². The van der Waals surface area contributed by atoms with Gasteiger partial charge in [0, 0.05) is 10.5 Å². The van der Waals surface area contributed by atoms with Gasteiger partial charge in [0.25, 0.3) is 5.91 Å². The lowest BCUT2D eigenvalue weighted by molar-refractivity contribution is 0.0938. The smallest absolute Gasteiger partial charge is 0.262 e. The van der Waals surface area contributed by atoms with Crippen molar-refractivity contribution >= 4 is 33.2 Å². The zero-order valence-electron chi connectivity index (χ0n) is 8.20. The molecule has 1 aliphatic rings. The lowest BCUT2D eigenvalue weighted by atomic mass is 10.0. The van der Waals surface area contributed by atoms with Crippen molar-refractivity contribution in [3.63, 3.8) is 0 Å². The molecule has 1 aromatic rings. The minimum atomic E-state index is 0.0391. The molecule has 1 atom stereocenters. The summed E-state index contributed by atoms with van der Waals surface area (Å²) in [5.41, 5.74) is 0. The first-order valence-electron chi connectivity index (χ1n) is 4.96. The van der Waals surface area contributed by atoms with Crippen LogP contribution < -0.4 is 5.32 Å². The van der Waals surface area contributed by atoms with Crippen molar-refractivity contribution < 1.29 is 4.79 Å². The molecule has 2 rings (SSSR count). The van der Waals surface area contributed by atoms with Crippen molar-refractivity contribution in [2.75, 3.05) is 0 Å². The number of allylic oxidation sites excluding steroid dienone is 1. The second kappa shape index (κ2) is 4.94. The Hall–Kier alpha value is -0.610. The summed E-state index contributed by atoms with van der Waals surface area (Å²) >= 11 is 4.84. The largest absolute Gasteiger partial charge is 0.348 e. The first kappa shape index (κ1) is 10.9. The van der Waals surface area contributed by atoms with Gasteiger partial charge in [0.05, 0.1) is 0 Å². The molecule has 0 bridgehead atoms. The number of hydrogen-bond acceptors (Lipinski definition) is 2. The first-order valence-corrected chi connectivity index (χ1v) is 6.63. The Labute approximate surface area is 102 Å². The third-order valence-electron chi connectivity index (χ3n) is 2.43. The fourth-order valence-corrected chi connectivity index (χ4v) is 3.09. The Bertz CT molecular complexity index is 386. The number of thiophene rings is 1. The Morgan fingerprint density at radius 3 is 3.00 bits per heavy atom. The molecule has 1 aliphatic carbocycles.